The number of phenols is 1. The van der Waals surface area contributed by atoms with Crippen molar-refractivity contribution in [2.45, 2.75) is 13.0 Å². The normalized spacial score (nSPS) is 14.1. The Kier molecular flexibility index (Phi) is 2.89. The number of aromatic nitrogens is 1. The number of hydrogen-bond donors (Lipinski definition) is 2. The number of nitrogens with zero attached hydrogens (tertiary/aromatic N) is 1. The number of carbonyl (C=O) groups is 1. The number of aromatic hydroxyl groups is 1. The SMILES string of the molecule is O=C(c1cccc(O)c1)N1CCc2[nH]c3ccccc3c2C1. The quantitative estimate of drug-likeness (QED) is 0.724. The van der Waals surface area contributed by atoms with Gasteiger partial charge in [-0.1, -0.05) is 24.3 Å². The van der Waals surface area contributed by atoms with Crippen molar-refractivity contribution in [2.75, 3.05) is 6.54 Å². The summed E-state index contributed by atoms with van der Waals surface area (Å²) in [6, 6.07) is 14.7. The minimum atomic E-state index is -0.0353. The number of rotatable bonds is 1. The molecule has 0 unspecified atom stereocenters. The average molecular weight is 292 g/mol. The third-order valence-corrected chi connectivity index (χ3v) is 4.26. The fraction of sp³-hybridized carbons (Fsp3) is 0.167. The molecule has 1 aromatic heterocycles. The second-order valence-electron chi connectivity index (χ2n) is 5.65. The molecule has 3 aromatic rings. The lowest BCUT2D eigenvalue weighted by molar-refractivity contribution is 0.0734. The van der Waals surface area contributed by atoms with E-state index < -0.39 is 0 Å². The molecule has 1 aliphatic heterocycles. The van der Waals surface area contributed by atoms with Crippen LogP contribution >= 0.6 is 0 Å². The van der Waals surface area contributed by atoms with E-state index in [0.29, 0.717) is 18.7 Å². The number of aromatic amines is 1. The van der Waals surface area contributed by atoms with Crippen molar-refractivity contribution in [2.24, 2.45) is 0 Å². The van der Waals surface area contributed by atoms with Gasteiger partial charge in [-0.2, -0.15) is 0 Å². The summed E-state index contributed by atoms with van der Waals surface area (Å²) in [6.07, 6.45) is 0.828. The molecule has 1 aliphatic rings. The van der Waals surface area contributed by atoms with E-state index in [1.165, 1.54) is 22.7 Å². The van der Waals surface area contributed by atoms with Crippen molar-refractivity contribution in [1.29, 1.82) is 0 Å². The van der Waals surface area contributed by atoms with E-state index in [-0.39, 0.29) is 11.7 Å². The highest BCUT2D eigenvalue weighted by Gasteiger charge is 2.24. The Morgan fingerprint density at radius 1 is 1.14 bits per heavy atom. The minimum absolute atomic E-state index is 0.0353. The predicted octanol–water partition coefficient (Wildman–Crippen LogP) is 3.07. The van der Waals surface area contributed by atoms with Gasteiger partial charge in [-0.25, -0.2) is 0 Å². The molecule has 0 fully saturated rings. The van der Waals surface area contributed by atoms with Crippen LogP contribution < -0.4 is 0 Å². The maximum absolute atomic E-state index is 12.6. The van der Waals surface area contributed by atoms with Crippen LogP contribution in [0, 0.1) is 0 Å². The average Bonchev–Trinajstić information content (AvgIpc) is 2.92. The number of phenolic OH excluding ortho intramolecular Hbond substituents is 1. The molecule has 0 saturated heterocycles. The molecule has 4 rings (SSSR count). The van der Waals surface area contributed by atoms with Crippen molar-refractivity contribution in [3.8, 4) is 5.75 Å². The lowest BCUT2D eigenvalue weighted by Crippen LogP contribution is -2.35. The van der Waals surface area contributed by atoms with Crippen LogP contribution in [-0.2, 0) is 13.0 Å². The first-order valence-electron chi connectivity index (χ1n) is 7.39. The molecule has 0 spiro atoms. The van der Waals surface area contributed by atoms with Gasteiger partial charge in [-0.3, -0.25) is 4.79 Å². The number of H-pyrrole nitrogens is 1. The van der Waals surface area contributed by atoms with Crippen molar-refractivity contribution >= 4 is 16.8 Å². The lowest BCUT2D eigenvalue weighted by atomic mass is 10.0. The predicted molar refractivity (Wildman–Crippen MR) is 84.9 cm³/mol. The van der Waals surface area contributed by atoms with Crippen LogP contribution in [0.4, 0.5) is 0 Å². The summed E-state index contributed by atoms with van der Waals surface area (Å²) in [5, 5.41) is 10.7. The van der Waals surface area contributed by atoms with E-state index in [1.807, 2.05) is 17.0 Å². The molecule has 0 atom stereocenters. The molecule has 4 heteroatoms. The molecule has 0 radical (unpaired) electrons. The molecule has 0 bridgehead atoms. The van der Waals surface area contributed by atoms with E-state index in [9.17, 15) is 9.90 Å². The minimum Gasteiger partial charge on any atom is -0.508 e. The van der Waals surface area contributed by atoms with Crippen LogP contribution in [0.15, 0.2) is 48.5 Å². The van der Waals surface area contributed by atoms with Crippen molar-refractivity contribution in [3.63, 3.8) is 0 Å². The van der Waals surface area contributed by atoms with Crippen LogP contribution in [0.5, 0.6) is 5.75 Å². The van der Waals surface area contributed by atoms with Crippen LogP contribution in [-0.4, -0.2) is 27.4 Å². The molecule has 110 valence electrons. The van der Waals surface area contributed by atoms with E-state index in [2.05, 4.69) is 17.1 Å². The molecular formula is C18H16N2O2. The van der Waals surface area contributed by atoms with Gasteiger partial charge in [-0.05, 0) is 24.3 Å². The number of carbonyl (C=O) groups excluding carboxylic acids is 1. The Morgan fingerprint density at radius 2 is 2.00 bits per heavy atom. The number of nitrogens with one attached hydrogen (secondary N) is 1. The molecule has 2 aromatic carbocycles. The van der Waals surface area contributed by atoms with Gasteiger partial charge in [-0.15, -0.1) is 0 Å². The number of para-hydroxylation sites is 1. The largest absolute Gasteiger partial charge is 0.508 e. The van der Waals surface area contributed by atoms with Crippen LogP contribution in [0.2, 0.25) is 0 Å². The van der Waals surface area contributed by atoms with Crippen molar-refractivity contribution < 1.29 is 9.90 Å². The summed E-state index contributed by atoms with van der Waals surface area (Å²) < 4.78 is 0. The van der Waals surface area contributed by atoms with Gasteiger partial charge in [0.2, 0.25) is 0 Å². The topological polar surface area (TPSA) is 56.3 Å². The van der Waals surface area contributed by atoms with E-state index in [4.69, 9.17) is 0 Å². The molecule has 2 N–H and O–H groups in total. The zero-order chi connectivity index (χ0) is 15.1. The highest BCUT2D eigenvalue weighted by molar-refractivity contribution is 5.95. The van der Waals surface area contributed by atoms with Gasteiger partial charge in [0.15, 0.2) is 0 Å². The van der Waals surface area contributed by atoms with Gasteiger partial charge in [0.25, 0.3) is 5.91 Å². The highest BCUT2D eigenvalue weighted by Crippen LogP contribution is 2.28. The van der Waals surface area contributed by atoms with Gasteiger partial charge in [0.1, 0.15) is 5.75 Å². The summed E-state index contributed by atoms with van der Waals surface area (Å²) in [7, 11) is 0. The van der Waals surface area contributed by atoms with Gasteiger partial charge in [0.05, 0.1) is 0 Å². The fourth-order valence-electron chi connectivity index (χ4n) is 3.16. The summed E-state index contributed by atoms with van der Waals surface area (Å²) >= 11 is 0. The van der Waals surface area contributed by atoms with Gasteiger partial charge < -0.3 is 15.0 Å². The zero-order valence-corrected chi connectivity index (χ0v) is 12.0. The Balaban J connectivity index is 1.68. The van der Waals surface area contributed by atoms with E-state index in [0.717, 1.165) is 11.9 Å². The summed E-state index contributed by atoms with van der Waals surface area (Å²) in [5.74, 6) is 0.0856. The first kappa shape index (κ1) is 13.0. The molecule has 4 nitrogen and oxygen atoms in total. The van der Waals surface area contributed by atoms with E-state index in [1.54, 1.807) is 18.2 Å². The summed E-state index contributed by atoms with van der Waals surface area (Å²) in [5.41, 5.74) is 4.08. The number of benzene rings is 2. The van der Waals surface area contributed by atoms with Gasteiger partial charge >= 0.3 is 0 Å². The van der Waals surface area contributed by atoms with Crippen molar-refractivity contribution in [1.82, 2.24) is 9.88 Å². The standard InChI is InChI=1S/C18H16N2O2/c21-13-5-3-4-12(10-13)18(22)20-9-8-17-15(11-20)14-6-1-2-7-16(14)19-17/h1-7,10,19,21H,8-9,11H2. The first-order valence-corrected chi connectivity index (χ1v) is 7.39. The highest BCUT2D eigenvalue weighted by atomic mass is 16.3. The molecule has 0 saturated carbocycles. The Morgan fingerprint density at radius 3 is 2.86 bits per heavy atom. The zero-order valence-electron chi connectivity index (χ0n) is 12.0. The first-order chi connectivity index (χ1) is 10.7. The number of amides is 1. The van der Waals surface area contributed by atoms with Crippen LogP contribution in [0.25, 0.3) is 10.9 Å². The summed E-state index contributed by atoms with van der Waals surface area (Å²) in [6.45, 7) is 1.29. The van der Waals surface area contributed by atoms with Gasteiger partial charge in [0, 0.05) is 47.2 Å². The molecule has 1 amide bonds. The number of fused-ring (bicyclic) bond motifs is 3. The third kappa shape index (κ3) is 2.04. The van der Waals surface area contributed by atoms with Crippen molar-refractivity contribution in [3.05, 3.63) is 65.4 Å². The molecule has 0 aliphatic carbocycles. The Labute approximate surface area is 128 Å². The molecular weight excluding hydrogens is 276 g/mol. The second kappa shape index (κ2) is 4.91. The summed E-state index contributed by atoms with van der Waals surface area (Å²) in [4.78, 5) is 17.9. The third-order valence-electron chi connectivity index (χ3n) is 4.26. The number of hydrogen-bond acceptors (Lipinski definition) is 2. The Hall–Kier alpha value is -2.75. The molecule has 22 heavy (non-hydrogen) atoms. The smallest absolute Gasteiger partial charge is 0.254 e. The van der Waals surface area contributed by atoms with E-state index >= 15 is 0 Å². The Bertz CT molecular complexity index is 866. The van der Waals surface area contributed by atoms with Crippen LogP contribution in [0.1, 0.15) is 21.6 Å². The maximum Gasteiger partial charge on any atom is 0.254 e. The molecule has 2 heterocycles. The monoisotopic (exact) mass is 292 g/mol. The second-order valence-corrected chi connectivity index (χ2v) is 5.65. The maximum atomic E-state index is 12.6. The lowest BCUT2D eigenvalue weighted by Gasteiger charge is -2.27. The fourth-order valence-corrected chi connectivity index (χ4v) is 3.16. The van der Waals surface area contributed by atoms with Crippen LogP contribution in [0.3, 0.4) is 0 Å².